The van der Waals surface area contributed by atoms with Crippen molar-refractivity contribution in [3.8, 4) is 11.4 Å². The molecule has 1 amide bonds. The van der Waals surface area contributed by atoms with Gasteiger partial charge in [-0.25, -0.2) is 18.9 Å². The van der Waals surface area contributed by atoms with Crippen molar-refractivity contribution in [1.29, 1.82) is 0 Å². The third-order valence-corrected chi connectivity index (χ3v) is 9.36. The number of esters is 1. The summed E-state index contributed by atoms with van der Waals surface area (Å²) in [4.78, 5) is 45.1. The van der Waals surface area contributed by atoms with Gasteiger partial charge in [0.15, 0.2) is 5.60 Å². The Morgan fingerprint density at radius 1 is 1.20 bits per heavy atom. The van der Waals surface area contributed by atoms with Crippen LogP contribution in [0.15, 0.2) is 16.9 Å². The van der Waals surface area contributed by atoms with Crippen LogP contribution < -0.4 is 10.9 Å². The van der Waals surface area contributed by atoms with Crippen LogP contribution in [0.3, 0.4) is 0 Å². The average Bonchev–Trinajstić information content (AvgIpc) is 3.60. The van der Waals surface area contributed by atoms with E-state index >= 15 is 4.39 Å². The van der Waals surface area contributed by atoms with Crippen LogP contribution >= 0.6 is 0 Å². The lowest BCUT2D eigenvalue weighted by molar-refractivity contribution is -0.172. The number of carbonyl (C=O) groups is 2. The van der Waals surface area contributed by atoms with Crippen molar-refractivity contribution < 1.29 is 34.0 Å². The predicted molar refractivity (Wildman–Crippen MR) is 156 cm³/mol. The molecule has 0 fully saturated rings. The second kappa shape index (κ2) is 10.5. The van der Waals surface area contributed by atoms with Gasteiger partial charge in [0.05, 0.1) is 53.9 Å². The molecule has 7 rings (SSSR count). The lowest BCUT2D eigenvalue weighted by Gasteiger charge is -2.31. The number of fused-ring (bicyclic) bond motifs is 5. The van der Waals surface area contributed by atoms with Crippen molar-refractivity contribution in [2.45, 2.75) is 70.9 Å². The lowest BCUT2D eigenvalue weighted by Crippen LogP contribution is -2.44. The molecule has 4 N–H and O–H groups in total. The quantitative estimate of drug-likeness (QED) is 0.193. The number of nitrogens with zero attached hydrogens (tertiary/aromatic N) is 5. The van der Waals surface area contributed by atoms with Crippen LogP contribution in [0.25, 0.3) is 22.3 Å². The summed E-state index contributed by atoms with van der Waals surface area (Å²) in [6, 6.07) is 2.37. The van der Waals surface area contributed by atoms with Crippen LogP contribution in [0.2, 0.25) is 0 Å². The molecule has 4 aromatic rings. The molecule has 1 aliphatic carbocycles. The summed E-state index contributed by atoms with van der Waals surface area (Å²) in [5, 5.41) is 42.1. The highest BCUT2D eigenvalue weighted by atomic mass is 19.1. The van der Waals surface area contributed by atoms with Gasteiger partial charge in [-0.2, -0.15) is 0 Å². The molecular weight excluding hydrogens is 587 g/mol. The summed E-state index contributed by atoms with van der Waals surface area (Å²) >= 11 is 0. The van der Waals surface area contributed by atoms with E-state index in [1.54, 1.807) is 19.9 Å². The number of aromatic nitrogens is 5. The van der Waals surface area contributed by atoms with Crippen LogP contribution in [0.1, 0.15) is 75.4 Å². The highest BCUT2D eigenvalue weighted by molar-refractivity contribution is 5.96. The number of rotatable bonds is 7. The number of benzene rings is 1. The van der Waals surface area contributed by atoms with Crippen molar-refractivity contribution in [3.63, 3.8) is 0 Å². The zero-order chi connectivity index (χ0) is 31.8. The summed E-state index contributed by atoms with van der Waals surface area (Å²) in [5.74, 6) is -1.76. The predicted octanol–water partition coefficient (Wildman–Crippen LogP) is 1.06. The molecule has 0 bridgehead atoms. The second-order valence-corrected chi connectivity index (χ2v) is 11.7. The monoisotopic (exact) mass is 618 g/mol. The highest BCUT2D eigenvalue weighted by Gasteiger charge is 2.46. The maximum Gasteiger partial charge on any atom is 0.343 e. The fourth-order valence-electron chi connectivity index (χ4n) is 7.05. The first kappa shape index (κ1) is 29.2. The Balaban J connectivity index is 1.42. The number of hydrogen-bond donors (Lipinski definition) is 4. The number of carbonyl (C=O) groups excluding carboxylic acids is 2. The van der Waals surface area contributed by atoms with Crippen molar-refractivity contribution in [1.82, 2.24) is 29.9 Å². The lowest BCUT2D eigenvalue weighted by atomic mass is 9.81. The molecule has 13 nitrogen and oxygen atoms in total. The smallest absolute Gasteiger partial charge is 0.343 e. The van der Waals surface area contributed by atoms with Crippen molar-refractivity contribution in [2.24, 2.45) is 0 Å². The van der Waals surface area contributed by atoms with E-state index in [9.17, 15) is 29.7 Å². The number of aliphatic hydroxyl groups is 3. The normalized spacial score (nSPS) is 19.7. The molecule has 234 valence electrons. The number of amides is 1. The molecule has 0 radical (unpaired) electrons. The molecule has 0 unspecified atom stereocenters. The zero-order valence-electron chi connectivity index (χ0n) is 24.7. The Hall–Kier alpha value is -4.53. The third kappa shape index (κ3) is 4.16. The van der Waals surface area contributed by atoms with Crippen molar-refractivity contribution >= 4 is 22.8 Å². The largest absolute Gasteiger partial charge is 0.458 e. The Morgan fingerprint density at radius 3 is 2.73 bits per heavy atom. The molecule has 3 aromatic heterocycles. The minimum atomic E-state index is -2.00. The number of ether oxygens (including phenoxy) is 1. The van der Waals surface area contributed by atoms with Gasteiger partial charge in [-0.15, -0.1) is 5.10 Å². The van der Waals surface area contributed by atoms with E-state index < -0.39 is 34.9 Å². The summed E-state index contributed by atoms with van der Waals surface area (Å²) in [6.45, 7) is 2.67. The van der Waals surface area contributed by atoms with Gasteiger partial charge in [0.25, 0.3) is 11.5 Å². The second-order valence-electron chi connectivity index (χ2n) is 11.7. The van der Waals surface area contributed by atoms with Crippen molar-refractivity contribution in [2.75, 3.05) is 13.2 Å². The molecule has 0 saturated carbocycles. The maximum atomic E-state index is 15.2. The molecular formula is C31H31FN6O7. The molecule has 0 saturated heterocycles. The topological polar surface area (TPSA) is 182 Å². The van der Waals surface area contributed by atoms with Crippen molar-refractivity contribution in [3.05, 3.63) is 73.1 Å². The molecule has 3 aliphatic rings. The van der Waals surface area contributed by atoms with E-state index in [1.165, 1.54) is 15.3 Å². The SMILES string of the molecule is CC[C@@]1(O)C(=O)OCc2c1cc1n(c2=O)Cc2c-1nc1cc(F)c(C)c3c1c2[C@@H](NC(=O)c1c(CCO)nnn1CCO)CC3. The summed E-state index contributed by atoms with van der Waals surface area (Å²) in [6.07, 6.45) is 0.965. The number of pyridine rings is 2. The van der Waals surface area contributed by atoms with Gasteiger partial charge in [0, 0.05) is 35.6 Å². The van der Waals surface area contributed by atoms with Crippen LogP contribution in [0.4, 0.5) is 4.39 Å². The molecule has 45 heavy (non-hydrogen) atoms. The fraction of sp³-hybridized carbons (Fsp3) is 0.419. The fourth-order valence-corrected chi connectivity index (χ4v) is 7.05. The van der Waals surface area contributed by atoms with E-state index in [1.807, 2.05) is 0 Å². The minimum Gasteiger partial charge on any atom is -0.458 e. The number of halogens is 1. The Labute approximate surface area is 255 Å². The van der Waals surface area contributed by atoms with Gasteiger partial charge < -0.3 is 29.9 Å². The van der Waals surface area contributed by atoms with E-state index in [0.29, 0.717) is 51.8 Å². The standard InChI is InChI=1S/C31H31FN6O7/c1-3-31(44)18-10-23-26-16(12-37(23)29(42)17(18)13-45-30(31)43)25-20(5-4-15-14(2)19(32)11-22(33-26)24(15)25)34-28(41)27-21(6-8-39)35-36-38(27)7-9-40/h10-11,20,39-40,44H,3-9,12-13H2,1-2H3,(H,34,41)/t20-,31-/m0/s1. The molecule has 14 heteroatoms. The molecule has 5 heterocycles. The first-order valence-electron chi connectivity index (χ1n) is 14.9. The van der Waals surface area contributed by atoms with Crippen LogP contribution in [0, 0.1) is 12.7 Å². The third-order valence-electron chi connectivity index (χ3n) is 9.36. The van der Waals surface area contributed by atoms with E-state index in [0.717, 1.165) is 5.56 Å². The van der Waals surface area contributed by atoms with Crippen LogP contribution in [-0.2, 0) is 47.7 Å². The van der Waals surface area contributed by atoms with Gasteiger partial charge in [-0.1, -0.05) is 12.1 Å². The molecule has 2 atom stereocenters. The summed E-state index contributed by atoms with van der Waals surface area (Å²) in [7, 11) is 0. The van der Waals surface area contributed by atoms with Gasteiger partial charge in [-0.05, 0) is 48.9 Å². The van der Waals surface area contributed by atoms with E-state index in [2.05, 4.69) is 15.6 Å². The Kier molecular flexibility index (Phi) is 6.83. The average molecular weight is 619 g/mol. The van der Waals surface area contributed by atoms with Gasteiger partial charge in [0.1, 0.15) is 18.1 Å². The number of cyclic esters (lactones) is 1. The molecule has 0 spiro atoms. The minimum absolute atomic E-state index is 0.00702. The van der Waals surface area contributed by atoms with Gasteiger partial charge in [-0.3, -0.25) is 9.59 Å². The number of nitrogens with one attached hydrogen (secondary N) is 1. The number of aliphatic hydroxyl groups excluding tert-OH is 2. The highest BCUT2D eigenvalue weighted by Crippen LogP contribution is 2.46. The van der Waals surface area contributed by atoms with Crippen LogP contribution in [-0.4, -0.2) is 65.0 Å². The maximum absolute atomic E-state index is 15.2. The van der Waals surface area contributed by atoms with E-state index in [4.69, 9.17) is 9.72 Å². The Bertz CT molecular complexity index is 1980. The number of hydrogen-bond acceptors (Lipinski definition) is 10. The molecule has 1 aromatic carbocycles. The van der Waals surface area contributed by atoms with Gasteiger partial charge >= 0.3 is 5.97 Å². The Morgan fingerprint density at radius 2 is 2.00 bits per heavy atom. The van der Waals surface area contributed by atoms with Gasteiger partial charge in [0.2, 0.25) is 0 Å². The number of aryl methyl sites for hydroxylation is 1. The zero-order valence-corrected chi connectivity index (χ0v) is 24.7. The first-order valence-corrected chi connectivity index (χ1v) is 14.9. The van der Waals surface area contributed by atoms with E-state index in [-0.39, 0.29) is 68.3 Å². The summed E-state index contributed by atoms with van der Waals surface area (Å²) < 4.78 is 23.2. The summed E-state index contributed by atoms with van der Waals surface area (Å²) in [5.41, 5.74) is 2.10. The van der Waals surface area contributed by atoms with Crippen LogP contribution in [0.5, 0.6) is 0 Å². The first-order chi connectivity index (χ1) is 21.6. The molecule has 2 aliphatic heterocycles.